The van der Waals surface area contributed by atoms with Crippen molar-refractivity contribution in [3.8, 4) is 0 Å². The number of carbonyl (C=O) groups is 3. The van der Waals surface area contributed by atoms with Gasteiger partial charge in [0.05, 0.1) is 13.7 Å². The molecule has 1 saturated heterocycles. The SMILES string of the molecule is COC(=O)CN1C(C)=CN2C1=NC1C2C(=O)N(Cc2ccccc2F)C(=O)N1C. The van der Waals surface area contributed by atoms with Gasteiger partial charge in [-0.05, 0) is 13.0 Å². The second-order valence-electron chi connectivity index (χ2n) is 7.04. The summed E-state index contributed by atoms with van der Waals surface area (Å²) >= 11 is 0. The highest BCUT2D eigenvalue weighted by Crippen LogP contribution is 2.34. The Kier molecular flexibility index (Phi) is 4.48. The lowest BCUT2D eigenvalue weighted by molar-refractivity contribution is -0.140. The molecule has 3 amide bonds. The van der Waals surface area contributed by atoms with E-state index >= 15 is 0 Å². The minimum atomic E-state index is -0.780. The van der Waals surface area contributed by atoms with Crippen molar-refractivity contribution in [1.29, 1.82) is 0 Å². The summed E-state index contributed by atoms with van der Waals surface area (Å²) < 4.78 is 18.8. The van der Waals surface area contributed by atoms with E-state index in [9.17, 15) is 18.8 Å². The number of benzene rings is 1. The zero-order valence-electron chi connectivity index (χ0n) is 16.2. The first-order valence-corrected chi connectivity index (χ1v) is 9.04. The molecule has 29 heavy (non-hydrogen) atoms. The molecule has 3 aliphatic heterocycles. The lowest BCUT2D eigenvalue weighted by Crippen LogP contribution is -2.63. The van der Waals surface area contributed by atoms with Crippen LogP contribution in [0.2, 0.25) is 0 Å². The Morgan fingerprint density at radius 3 is 2.66 bits per heavy atom. The third kappa shape index (κ3) is 2.91. The number of esters is 1. The topological polar surface area (TPSA) is 85.8 Å². The average molecular weight is 401 g/mol. The van der Waals surface area contributed by atoms with E-state index in [1.807, 2.05) is 0 Å². The summed E-state index contributed by atoms with van der Waals surface area (Å²) in [5.74, 6) is -0.996. The van der Waals surface area contributed by atoms with Gasteiger partial charge in [0.25, 0.3) is 5.91 Å². The quantitative estimate of drug-likeness (QED) is 0.698. The molecule has 3 heterocycles. The molecule has 1 aromatic rings. The van der Waals surface area contributed by atoms with Crippen LogP contribution in [0.1, 0.15) is 12.5 Å². The zero-order valence-corrected chi connectivity index (χ0v) is 16.2. The first-order chi connectivity index (χ1) is 13.8. The number of rotatable bonds is 4. The molecule has 1 fully saturated rings. The van der Waals surface area contributed by atoms with Crippen LogP contribution in [0.5, 0.6) is 0 Å². The van der Waals surface area contributed by atoms with E-state index < -0.39 is 35.9 Å². The molecule has 0 N–H and O–H groups in total. The van der Waals surface area contributed by atoms with E-state index in [4.69, 9.17) is 4.74 Å². The van der Waals surface area contributed by atoms with Crippen molar-refractivity contribution < 1.29 is 23.5 Å². The number of ether oxygens (including phenoxy) is 1. The van der Waals surface area contributed by atoms with E-state index in [1.54, 1.807) is 42.1 Å². The molecule has 3 aliphatic rings. The zero-order chi connectivity index (χ0) is 20.9. The van der Waals surface area contributed by atoms with E-state index in [2.05, 4.69) is 4.99 Å². The van der Waals surface area contributed by atoms with E-state index in [0.717, 1.165) is 10.6 Å². The van der Waals surface area contributed by atoms with Crippen LogP contribution in [0.4, 0.5) is 9.18 Å². The largest absolute Gasteiger partial charge is 0.468 e. The summed E-state index contributed by atoms with van der Waals surface area (Å²) in [7, 11) is 2.84. The molecular formula is C19H20FN5O4. The van der Waals surface area contributed by atoms with Gasteiger partial charge in [-0.25, -0.2) is 14.2 Å². The van der Waals surface area contributed by atoms with Gasteiger partial charge < -0.3 is 19.4 Å². The molecule has 0 aromatic heterocycles. The fourth-order valence-corrected chi connectivity index (χ4v) is 3.73. The molecule has 1 aromatic carbocycles. The fraction of sp³-hybridized carbons (Fsp3) is 0.368. The Morgan fingerprint density at radius 1 is 1.24 bits per heavy atom. The lowest BCUT2D eigenvalue weighted by Gasteiger charge is -2.40. The van der Waals surface area contributed by atoms with Gasteiger partial charge in [0.15, 0.2) is 12.2 Å². The summed E-state index contributed by atoms with van der Waals surface area (Å²) in [6.45, 7) is 1.56. The maximum absolute atomic E-state index is 14.1. The standard InChI is InChI=1S/C19H20FN5O4/c1-11-8-24-15-16(21-18(24)23(11)10-14(26)29-3)22(2)19(28)25(17(15)27)9-12-6-4-5-7-13(12)20/h4-8,15-16H,9-10H2,1-3H3. The summed E-state index contributed by atoms with van der Waals surface area (Å²) in [5.41, 5.74) is 0.973. The molecule has 0 radical (unpaired) electrons. The maximum atomic E-state index is 14.1. The Balaban J connectivity index is 1.63. The number of fused-ring (bicyclic) bond motifs is 3. The van der Waals surface area contributed by atoms with E-state index in [-0.39, 0.29) is 18.7 Å². The van der Waals surface area contributed by atoms with Crippen molar-refractivity contribution in [3.63, 3.8) is 0 Å². The first kappa shape index (κ1) is 18.9. The lowest BCUT2D eigenvalue weighted by atomic mass is 10.1. The minimum absolute atomic E-state index is 0.0571. The van der Waals surface area contributed by atoms with Gasteiger partial charge in [0, 0.05) is 24.5 Å². The predicted octanol–water partition coefficient (Wildman–Crippen LogP) is 0.936. The number of urea groups is 1. The second-order valence-corrected chi connectivity index (χ2v) is 7.04. The van der Waals surface area contributed by atoms with Crippen LogP contribution in [0, 0.1) is 5.82 Å². The number of imide groups is 1. The molecule has 10 heteroatoms. The third-order valence-corrected chi connectivity index (χ3v) is 5.30. The summed E-state index contributed by atoms with van der Waals surface area (Å²) in [6.07, 6.45) is 0.987. The number of nitrogens with zero attached hydrogens (tertiary/aromatic N) is 5. The van der Waals surface area contributed by atoms with Crippen LogP contribution in [0.15, 0.2) is 41.2 Å². The van der Waals surface area contributed by atoms with Crippen LogP contribution in [0.25, 0.3) is 0 Å². The summed E-state index contributed by atoms with van der Waals surface area (Å²) in [4.78, 5) is 48.0. The van der Waals surface area contributed by atoms with Gasteiger partial charge in [-0.2, -0.15) is 0 Å². The van der Waals surface area contributed by atoms with Gasteiger partial charge in [-0.15, -0.1) is 0 Å². The predicted molar refractivity (Wildman–Crippen MR) is 99.4 cm³/mol. The Labute approximate surface area is 166 Å². The Morgan fingerprint density at radius 2 is 1.97 bits per heavy atom. The average Bonchev–Trinajstić information content (AvgIpc) is 3.21. The van der Waals surface area contributed by atoms with Crippen molar-refractivity contribution in [2.75, 3.05) is 20.7 Å². The van der Waals surface area contributed by atoms with E-state index in [1.165, 1.54) is 24.1 Å². The minimum Gasteiger partial charge on any atom is -0.468 e. The van der Waals surface area contributed by atoms with Crippen LogP contribution in [-0.2, 0) is 20.9 Å². The molecule has 0 saturated carbocycles. The monoisotopic (exact) mass is 401 g/mol. The van der Waals surface area contributed by atoms with Crippen LogP contribution < -0.4 is 0 Å². The number of carbonyl (C=O) groups excluding carboxylic acids is 3. The summed E-state index contributed by atoms with van der Waals surface area (Å²) in [6, 6.07) is 4.69. The second kappa shape index (κ2) is 6.87. The molecular weight excluding hydrogens is 381 g/mol. The molecule has 152 valence electrons. The highest BCUT2D eigenvalue weighted by atomic mass is 19.1. The molecule has 2 unspecified atom stereocenters. The molecule has 9 nitrogen and oxygen atoms in total. The maximum Gasteiger partial charge on any atom is 0.328 e. The number of hydrogen-bond donors (Lipinski definition) is 0. The first-order valence-electron chi connectivity index (χ1n) is 9.04. The van der Waals surface area contributed by atoms with Gasteiger partial charge in [-0.1, -0.05) is 18.2 Å². The van der Waals surface area contributed by atoms with Crippen molar-refractivity contribution in [3.05, 3.63) is 47.5 Å². The van der Waals surface area contributed by atoms with Gasteiger partial charge in [-0.3, -0.25) is 14.5 Å². The number of allylic oxidation sites excluding steroid dienone is 1. The number of hydrogen-bond acceptors (Lipinski definition) is 7. The smallest absolute Gasteiger partial charge is 0.328 e. The molecule has 0 bridgehead atoms. The number of amides is 3. The van der Waals surface area contributed by atoms with E-state index in [0.29, 0.717) is 5.96 Å². The van der Waals surface area contributed by atoms with Crippen LogP contribution in [-0.4, -0.2) is 76.4 Å². The van der Waals surface area contributed by atoms with Crippen molar-refractivity contribution >= 4 is 23.9 Å². The van der Waals surface area contributed by atoms with Crippen molar-refractivity contribution in [2.24, 2.45) is 4.99 Å². The third-order valence-electron chi connectivity index (χ3n) is 5.30. The van der Waals surface area contributed by atoms with Gasteiger partial charge in [0.1, 0.15) is 12.4 Å². The molecule has 0 aliphatic carbocycles. The van der Waals surface area contributed by atoms with Gasteiger partial charge in [0.2, 0.25) is 5.96 Å². The Hall–Kier alpha value is -3.43. The number of methoxy groups -OCH3 is 1. The van der Waals surface area contributed by atoms with Crippen molar-refractivity contribution in [1.82, 2.24) is 19.6 Å². The summed E-state index contributed by atoms with van der Waals surface area (Å²) in [5, 5.41) is 0. The highest BCUT2D eigenvalue weighted by molar-refractivity contribution is 6.05. The van der Waals surface area contributed by atoms with Crippen LogP contribution in [0.3, 0.4) is 0 Å². The number of aliphatic imine (C=N–C) groups is 1. The fourth-order valence-electron chi connectivity index (χ4n) is 3.73. The van der Waals surface area contributed by atoms with Crippen molar-refractivity contribution in [2.45, 2.75) is 25.7 Å². The molecule has 4 rings (SSSR count). The van der Waals surface area contributed by atoms with Crippen LogP contribution >= 0.6 is 0 Å². The normalized spacial score (nSPS) is 23.2. The number of guanidine groups is 1. The number of likely N-dealkylation sites (N-methyl/N-ethyl adjacent to an activating group) is 1. The number of halogens is 1. The Bertz CT molecular complexity index is 962. The molecule has 2 atom stereocenters. The molecule has 0 spiro atoms. The highest BCUT2D eigenvalue weighted by Gasteiger charge is 2.54. The van der Waals surface area contributed by atoms with Gasteiger partial charge >= 0.3 is 12.0 Å².